The summed E-state index contributed by atoms with van der Waals surface area (Å²) in [5, 5.41) is 18.5. The van der Waals surface area contributed by atoms with Gasteiger partial charge < -0.3 is 15.1 Å². The fourth-order valence-electron chi connectivity index (χ4n) is 1.51. The van der Waals surface area contributed by atoms with Gasteiger partial charge in [-0.05, 0) is 18.2 Å². The van der Waals surface area contributed by atoms with E-state index in [1.807, 2.05) is 0 Å². The molecule has 0 radical (unpaired) electrons. The van der Waals surface area contributed by atoms with Crippen molar-refractivity contribution in [2.75, 3.05) is 0 Å². The van der Waals surface area contributed by atoms with Crippen molar-refractivity contribution in [3.63, 3.8) is 0 Å². The molecule has 19 heavy (non-hydrogen) atoms. The quantitative estimate of drug-likeness (QED) is 0.638. The van der Waals surface area contributed by atoms with Crippen molar-refractivity contribution >= 4 is 5.97 Å². The first-order chi connectivity index (χ1) is 9.18. The van der Waals surface area contributed by atoms with Crippen LogP contribution in [0.15, 0.2) is 48.5 Å². The average molecular weight is 260 g/mol. The molecule has 0 saturated heterocycles. The third-order valence-corrected chi connectivity index (χ3v) is 2.47. The van der Waals surface area contributed by atoms with E-state index >= 15 is 0 Å². The van der Waals surface area contributed by atoms with Gasteiger partial charge in [0.15, 0.2) is 5.75 Å². The Bertz CT molecular complexity index is 580. The van der Waals surface area contributed by atoms with Crippen molar-refractivity contribution in [1.82, 2.24) is 0 Å². The molecule has 0 fully saturated rings. The lowest BCUT2D eigenvalue weighted by atomic mass is 10.2. The SMILES string of the molecule is O=C(O)c1ccccc1OOCc1ccccc1O. The topological polar surface area (TPSA) is 76.0 Å². The summed E-state index contributed by atoms with van der Waals surface area (Å²) in [5.41, 5.74) is 0.565. The molecule has 5 nitrogen and oxygen atoms in total. The smallest absolute Gasteiger partial charge is 0.339 e. The molecule has 0 amide bonds. The molecule has 0 aliphatic heterocycles. The summed E-state index contributed by atoms with van der Waals surface area (Å²) in [4.78, 5) is 20.9. The van der Waals surface area contributed by atoms with Crippen molar-refractivity contribution in [2.24, 2.45) is 0 Å². The van der Waals surface area contributed by atoms with Crippen LogP contribution in [-0.4, -0.2) is 16.2 Å². The number of hydrogen-bond acceptors (Lipinski definition) is 4. The molecule has 0 spiro atoms. The van der Waals surface area contributed by atoms with Crippen LogP contribution in [0.25, 0.3) is 0 Å². The lowest BCUT2D eigenvalue weighted by Gasteiger charge is -2.08. The van der Waals surface area contributed by atoms with E-state index in [4.69, 9.17) is 14.9 Å². The van der Waals surface area contributed by atoms with Crippen molar-refractivity contribution in [1.29, 1.82) is 0 Å². The Hall–Kier alpha value is -2.53. The maximum Gasteiger partial charge on any atom is 0.339 e. The molecule has 5 heteroatoms. The first kappa shape index (κ1) is 12.9. The van der Waals surface area contributed by atoms with Crippen LogP contribution in [0, 0.1) is 0 Å². The van der Waals surface area contributed by atoms with Gasteiger partial charge in [-0.15, -0.1) is 0 Å². The lowest BCUT2D eigenvalue weighted by molar-refractivity contribution is -0.218. The predicted molar refractivity (Wildman–Crippen MR) is 66.9 cm³/mol. The summed E-state index contributed by atoms with van der Waals surface area (Å²) in [6.45, 7) is 0.0145. The molecule has 0 heterocycles. The molecule has 0 aromatic heterocycles. The van der Waals surface area contributed by atoms with Crippen LogP contribution in [0.3, 0.4) is 0 Å². The fourth-order valence-corrected chi connectivity index (χ4v) is 1.51. The molecule has 2 rings (SSSR count). The summed E-state index contributed by atoms with van der Waals surface area (Å²) in [5.74, 6) is -0.884. The Labute approximate surface area is 109 Å². The maximum absolute atomic E-state index is 10.9. The van der Waals surface area contributed by atoms with Crippen LogP contribution >= 0.6 is 0 Å². The van der Waals surface area contributed by atoms with Crippen molar-refractivity contribution in [3.05, 3.63) is 59.7 Å². The maximum atomic E-state index is 10.9. The second kappa shape index (κ2) is 5.88. The zero-order chi connectivity index (χ0) is 13.7. The van der Waals surface area contributed by atoms with E-state index < -0.39 is 5.97 Å². The van der Waals surface area contributed by atoms with Crippen LogP contribution in [0.5, 0.6) is 11.5 Å². The second-order valence-electron chi connectivity index (χ2n) is 3.78. The van der Waals surface area contributed by atoms with E-state index in [1.54, 1.807) is 30.3 Å². The number of benzene rings is 2. The Morgan fingerprint density at radius 2 is 1.74 bits per heavy atom. The van der Waals surface area contributed by atoms with Gasteiger partial charge in [0.25, 0.3) is 0 Å². The van der Waals surface area contributed by atoms with Gasteiger partial charge >= 0.3 is 5.97 Å². The van der Waals surface area contributed by atoms with Crippen LogP contribution < -0.4 is 4.89 Å². The molecule has 0 aliphatic carbocycles. The van der Waals surface area contributed by atoms with E-state index in [0.717, 1.165) is 0 Å². The van der Waals surface area contributed by atoms with Crippen LogP contribution in [-0.2, 0) is 11.5 Å². The number of aromatic carboxylic acids is 1. The number of carboxylic acids is 1. The van der Waals surface area contributed by atoms with E-state index in [-0.39, 0.29) is 23.7 Å². The molecule has 2 aromatic rings. The minimum absolute atomic E-state index is 0.0137. The van der Waals surface area contributed by atoms with Crippen molar-refractivity contribution < 1.29 is 24.8 Å². The van der Waals surface area contributed by atoms with Gasteiger partial charge in [-0.2, -0.15) is 4.89 Å². The summed E-state index contributed by atoms with van der Waals surface area (Å²) in [7, 11) is 0. The van der Waals surface area contributed by atoms with Gasteiger partial charge in [0.2, 0.25) is 0 Å². The number of phenols is 1. The van der Waals surface area contributed by atoms with Crippen LogP contribution in [0.4, 0.5) is 0 Å². The minimum Gasteiger partial charge on any atom is -0.508 e. The summed E-state index contributed by atoms with van der Waals surface area (Å²) in [6, 6.07) is 12.8. The van der Waals surface area contributed by atoms with Crippen LogP contribution in [0.1, 0.15) is 15.9 Å². The Balaban J connectivity index is 2.00. The first-order valence-corrected chi connectivity index (χ1v) is 5.57. The molecule has 0 unspecified atom stereocenters. The third kappa shape index (κ3) is 3.23. The minimum atomic E-state index is -1.10. The highest BCUT2D eigenvalue weighted by Crippen LogP contribution is 2.20. The summed E-state index contributed by atoms with van der Waals surface area (Å²) < 4.78 is 0. The van der Waals surface area contributed by atoms with Gasteiger partial charge in [-0.1, -0.05) is 30.3 Å². The molecular formula is C14H12O5. The standard InChI is InChI=1S/C14H12O5/c15-12-7-3-1-5-10(12)9-18-19-13-8-4-2-6-11(13)14(16)17/h1-8,15H,9H2,(H,16,17). The molecule has 98 valence electrons. The highest BCUT2D eigenvalue weighted by Gasteiger charge is 2.11. The van der Waals surface area contributed by atoms with Gasteiger partial charge in [0.05, 0.1) is 0 Å². The molecule has 0 bridgehead atoms. The summed E-state index contributed by atoms with van der Waals surface area (Å²) >= 11 is 0. The molecular weight excluding hydrogens is 248 g/mol. The largest absolute Gasteiger partial charge is 0.508 e. The number of hydrogen-bond donors (Lipinski definition) is 2. The molecule has 2 N–H and O–H groups in total. The molecule has 0 saturated carbocycles. The van der Waals surface area contributed by atoms with Gasteiger partial charge in [-0.25, -0.2) is 4.79 Å². The zero-order valence-corrected chi connectivity index (χ0v) is 9.95. The van der Waals surface area contributed by atoms with E-state index in [0.29, 0.717) is 5.56 Å². The van der Waals surface area contributed by atoms with E-state index in [2.05, 4.69) is 0 Å². The first-order valence-electron chi connectivity index (χ1n) is 5.57. The van der Waals surface area contributed by atoms with Crippen LogP contribution in [0.2, 0.25) is 0 Å². The number of rotatable bonds is 5. The van der Waals surface area contributed by atoms with E-state index in [9.17, 15) is 9.90 Å². The number of carboxylic acid groups (broad SMARTS) is 1. The van der Waals surface area contributed by atoms with Gasteiger partial charge in [0, 0.05) is 5.56 Å². The Morgan fingerprint density at radius 1 is 1.05 bits per heavy atom. The Kier molecular flexibility index (Phi) is 4.00. The van der Waals surface area contributed by atoms with Gasteiger partial charge in [0.1, 0.15) is 17.9 Å². The zero-order valence-electron chi connectivity index (χ0n) is 9.95. The normalized spacial score (nSPS) is 10.1. The third-order valence-electron chi connectivity index (χ3n) is 2.47. The number of para-hydroxylation sites is 2. The van der Waals surface area contributed by atoms with Crippen molar-refractivity contribution in [2.45, 2.75) is 6.61 Å². The second-order valence-corrected chi connectivity index (χ2v) is 3.78. The number of carbonyl (C=O) groups is 1. The lowest BCUT2D eigenvalue weighted by Crippen LogP contribution is -2.04. The molecule has 0 aliphatic rings. The molecule has 2 aromatic carbocycles. The Morgan fingerprint density at radius 3 is 2.47 bits per heavy atom. The highest BCUT2D eigenvalue weighted by molar-refractivity contribution is 5.90. The van der Waals surface area contributed by atoms with E-state index in [1.165, 1.54) is 18.2 Å². The molecule has 0 atom stereocenters. The summed E-state index contributed by atoms with van der Waals surface area (Å²) in [6.07, 6.45) is 0. The monoisotopic (exact) mass is 260 g/mol. The predicted octanol–water partition coefficient (Wildman–Crippen LogP) is 2.60. The van der Waals surface area contributed by atoms with Gasteiger partial charge in [-0.3, -0.25) is 0 Å². The number of phenolic OH excluding ortho intramolecular Hbond substituents is 1. The number of aromatic hydroxyl groups is 1. The highest BCUT2D eigenvalue weighted by atomic mass is 17.2. The average Bonchev–Trinajstić information content (AvgIpc) is 2.41. The van der Waals surface area contributed by atoms with Crippen molar-refractivity contribution in [3.8, 4) is 11.5 Å². The fraction of sp³-hybridized carbons (Fsp3) is 0.0714.